The van der Waals surface area contributed by atoms with Crippen molar-refractivity contribution < 1.29 is 9.90 Å². The molecule has 0 saturated carbocycles. The van der Waals surface area contributed by atoms with E-state index in [-0.39, 0.29) is 23.9 Å². The molecule has 0 spiro atoms. The van der Waals surface area contributed by atoms with Crippen LogP contribution in [0.1, 0.15) is 26.7 Å². The highest BCUT2D eigenvalue weighted by molar-refractivity contribution is 6.22. The molecule has 0 aromatic carbocycles. The predicted octanol–water partition coefficient (Wildman–Crippen LogP) is 1.23. The zero-order chi connectivity index (χ0) is 10.7. The highest BCUT2D eigenvalue weighted by Gasteiger charge is 2.33. The maximum Gasteiger partial charge on any atom is 0.224 e. The van der Waals surface area contributed by atoms with Gasteiger partial charge >= 0.3 is 0 Å². The fraction of sp³-hybridized carbons (Fsp3) is 0.900. The molecule has 4 heteroatoms. The van der Waals surface area contributed by atoms with E-state index in [1.807, 2.05) is 0 Å². The van der Waals surface area contributed by atoms with Crippen molar-refractivity contribution in [3.63, 3.8) is 0 Å². The average molecular weight is 220 g/mol. The molecule has 0 aliphatic carbocycles. The molecule has 1 unspecified atom stereocenters. The van der Waals surface area contributed by atoms with Gasteiger partial charge in [0.25, 0.3) is 0 Å². The summed E-state index contributed by atoms with van der Waals surface area (Å²) < 4.78 is 0. The zero-order valence-electron chi connectivity index (χ0n) is 8.74. The number of hydrogen-bond acceptors (Lipinski definition) is 2. The van der Waals surface area contributed by atoms with Crippen LogP contribution in [-0.4, -0.2) is 40.5 Å². The first-order valence-electron chi connectivity index (χ1n) is 5.09. The molecule has 1 amide bonds. The van der Waals surface area contributed by atoms with E-state index in [0.717, 1.165) is 6.42 Å². The maximum absolute atomic E-state index is 11.5. The number of amides is 1. The second-order valence-electron chi connectivity index (χ2n) is 4.31. The molecule has 1 heterocycles. The normalized spacial score (nSPS) is 24.8. The second kappa shape index (κ2) is 4.99. The summed E-state index contributed by atoms with van der Waals surface area (Å²) in [5, 5.41) is 9.12. The number of alkyl halides is 1. The molecule has 0 aromatic heterocycles. The van der Waals surface area contributed by atoms with Crippen LogP contribution in [0.4, 0.5) is 0 Å². The predicted molar refractivity (Wildman–Crippen MR) is 56.3 cm³/mol. The minimum atomic E-state index is -0.0799. The Hall–Kier alpha value is -0.280. The van der Waals surface area contributed by atoms with Crippen molar-refractivity contribution in [2.75, 3.05) is 13.2 Å². The van der Waals surface area contributed by atoms with Gasteiger partial charge < -0.3 is 10.0 Å². The third-order valence-electron chi connectivity index (χ3n) is 2.51. The summed E-state index contributed by atoms with van der Waals surface area (Å²) in [5.74, 6) is 0.555. The lowest BCUT2D eigenvalue weighted by molar-refractivity contribution is -0.130. The molecule has 1 saturated heterocycles. The Morgan fingerprint density at radius 1 is 1.64 bits per heavy atom. The van der Waals surface area contributed by atoms with Crippen molar-refractivity contribution in [1.82, 2.24) is 4.90 Å². The van der Waals surface area contributed by atoms with Crippen LogP contribution in [0.5, 0.6) is 0 Å². The first-order chi connectivity index (χ1) is 6.54. The van der Waals surface area contributed by atoms with Crippen LogP contribution in [-0.2, 0) is 4.79 Å². The SMILES string of the molecule is CC(C)C[C@@H](CO)N1CC(Cl)CC1=O. The van der Waals surface area contributed by atoms with Gasteiger partial charge in [-0.25, -0.2) is 0 Å². The highest BCUT2D eigenvalue weighted by Crippen LogP contribution is 2.21. The van der Waals surface area contributed by atoms with Crippen molar-refractivity contribution >= 4 is 17.5 Å². The van der Waals surface area contributed by atoms with Crippen LogP contribution in [0.2, 0.25) is 0 Å². The summed E-state index contributed by atoms with van der Waals surface area (Å²) in [6, 6.07) is -0.0498. The van der Waals surface area contributed by atoms with Crippen molar-refractivity contribution in [3.8, 4) is 0 Å². The van der Waals surface area contributed by atoms with Crippen LogP contribution >= 0.6 is 11.6 Å². The maximum atomic E-state index is 11.5. The number of carbonyl (C=O) groups excluding carboxylic acids is 1. The highest BCUT2D eigenvalue weighted by atomic mass is 35.5. The Morgan fingerprint density at radius 2 is 2.29 bits per heavy atom. The average Bonchev–Trinajstić information content (AvgIpc) is 2.41. The third-order valence-corrected chi connectivity index (χ3v) is 2.80. The molecule has 0 bridgehead atoms. The molecule has 14 heavy (non-hydrogen) atoms. The lowest BCUT2D eigenvalue weighted by Gasteiger charge is -2.27. The summed E-state index contributed by atoms with van der Waals surface area (Å²) in [7, 11) is 0. The molecule has 0 radical (unpaired) electrons. The van der Waals surface area contributed by atoms with E-state index in [1.54, 1.807) is 4.90 Å². The fourth-order valence-corrected chi connectivity index (χ4v) is 2.16. The van der Waals surface area contributed by atoms with Gasteiger partial charge in [-0.2, -0.15) is 0 Å². The summed E-state index contributed by atoms with van der Waals surface area (Å²) in [5.41, 5.74) is 0. The molecule has 0 aromatic rings. The van der Waals surface area contributed by atoms with Crippen LogP contribution in [0.15, 0.2) is 0 Å². The van der Waals surface area contributed by atoms with E-state index >= 15 is 0 Å². The number of nitrogens with zero attached hydrogens (tertiary/aromatic N) is 1. The number of carbonyl (C=O) groups is 1. The van der Waals surface area contributed by atoms with Gasteiger partial charge in [0, 0.05) is 13.0 Å². The van der Waals surface area contributed by atoms with Gasteiger partial charge in [-0.05, 0) is 12.3 Å². The summed E-state index contributed by atoms with van der Waals surface area (Å²) in [6.07, 6.45) is 1.25. The largest absolute Gasteiger partial charge is 0.394 e. The number of aliphatic hydroxyl groups excluding tert-OH is 1. The number of aliphatic hydroxyl groups is 1. The lowest BCUT2D eigenvalue weighted by atomic mass is 10.0. The van der Waals surface area contributed by atoms with Crippen LogP contribution in [0, 0.1) is 5.92 Å². The van der Waals surface area contributed by atoms with Gasteiger partial charge in [-0.1, -0.05) is 13.8 Å². The summed E-state index contributed by atoms with van der Waals surface area (Å²) in [4.78, 5) is 13.2. The van der Waals surface area contributed by atoms with Gasteiger partial charge in [0.05, 0.1) is 18.0 Å². The van der Waals surface area contributed by atoms with Crippen molar-refractivity contribution in [1.29, 1.82) is 0 Å². The molecule has 1 aliphatic heterocycles. The van der Waals surface area contributed by atoms with Crippen molar-refractivity contribution in [2.45, 2.75) is 38.1 Å². The van der Waals surface area contributed by atoms with Crippen LogP contribution in [0.25, 0.3) is 0 Å². The van der Waals surface area contributed by atoms with Gasteiger partial charge in [0.15, 0.2) is 0 Å². The Bertz CT molecular complexity index is 208. The molecular formula is C10H18ClNO2. The molecule has 1 rings (SSSR count). The molecule has 1 N–H and O–H groups in total. The van der Waals surface area contributed by atoms with Crippen molar-refractivity contribution in [2.24, 2.45) is 5.92 Å². The molecule has 82 valence electrons. The van der Waals surface area contributed by atoms with E-state index in [9.17, 15) is 9.90 Å². The molecular weight excluding hydrogens is 202 g/mol. The molecule has 3 nitrogen and oxygen atoms in total. The Labute approximate surface area is 90.0 Å². The topological polar surface area (TPSA) is 40.5 Å². The number of likely N-dealkylation sites (tertiary alicyclic amines) is 1. The van der Waals surface area contributed by atoms with Crippen LogP contribution in [0.3, 0.4) is 0 Å². The summed E-state index contributed by atoms with van der Waals surface area (Å²) >= 11 is 5.90. The Kier molecular flexibility index (Phi) is 4.20. The first kappa shape index (κ1) is 11.8. The molecule has 1 fully saturated rings. The number of halogens is 1. The smallest absolute Gasteiger partial charge is 0.224 e. The van der Waals surface area contributed by atoms with Gasteiger partial charge in [-0.3, -0.25) is 4.79 Å². The molecule has 2 atom stereocenters. The minimum absolute atomic E-state index is 0.0352. The Morgan fingerprint density at radius 3 is 2.64 bits per heavy atom. The van der Waals surface area contributed by atoms with E-state index < -0.39 is 0 Å². The van der Waals surface area contributed by atoms with E-state index in [1.165, 1.54) is 0 Å². The number of rotatable bonds is 4. The zero-order valence-corrected chi connectivity index (χ0v) is 9.50. The number of hydrogen-bond donors (Lipinski definition) is 1. The minimum Gasteiger partial charge on any atom is -0.394 e. The fourth-order valence-electron chi connectivity index (χ4n) is 1.88. The third kappa shape index (κ3) is 2.85. The lowest BCUT2D eigenvalue weighted by Crippen LogP contribution is -2.40. The monoisotopic (exact) mass is 219 g/mol. The van der Waals surface area contributed by atoms with Gasteiger partial charge in [-0.15, -0.1) is 11.6 Å². The standard InChI is InChI=1S/C10H18ClNO2/c1-7(2)3-9(6-13)12-5-8(11)4-10(12)14/h7-9,13H,3-6H2,1-2H3/t8?,9-/m0/s1. The second-order valence-corrected chi connectivity index (χ2v) is 4.93. The Balaban J connectivity index is 2.56. The van der Waals surface area contributed by atoms with Gasteiger partial charge in [0.2, 0.25) is 5.91 Å². The quantitative estimate of drug-likeness (QED) is 0.723. The van der Waals surface area contributed by atoms with Crippen LogP contribution < -0.4 is 0 Å². The van der Waals surface area contributed by atoms with E-state index in [4.69, 9.17) is 11.6 Å². The summed E-state index contributed by atoms with van der Waals surface area (Å²) in [6.45, 7) is 4.79. The molecule has 1 aliphatic rings. The van der Waals surface area contributed by atoms with E-state index in [0.29, 0.717) is 18.9 Å². The van der Waals surface area contributed by atoms with E-state index in [2.05, 4.69) is 13.8 Å². The van der Waals surface area contributed by atoms with Gasteiger partial charge in [0.1, 0.15) is 0 Å². The first-order valence-corrected chi connectivity index (χ1v) is 5.52. The van der Waals surface area contributed by atoms with Crippen molar-refractivity contribution in [3.05, 3.63) is 0 Å².